The normalized spacial score (nSPS) is 17.6. The van der Waals surface area contributed by atoms with E-state index in [1.54, 1.807) is 12.2 Å². The van der Waals surface area contributed by atoms with Crippen LogP contribution in [0.5, 0.6) is 0 Å². The predicted molar refractivity (Wildman–Crippen MR) is 70.3 cm³/mol. The van der Waals surface area contributed by atoms with Gasteiger partial charge >= 0.3 is 6.09 Å². The standard InChI is InChI=1S/C15H15NO3/c1-2-3-5-10-14(17)16-13(11-19-15(16)18)12-8-6-4-7-9-12/h2,4-9,13H,10-11H2,1H3/t3?,13-/m0/s1. The topological polar surface area (TPSA) is 46.6 Å². The highest BCUT2D eigenvalue weighted by atomic mass is 16.6. The quantitative estimate of drug-likeness (QED) is 0.782. The van der Waals surface area contributed by atoms with Crippen LogP contribution < -0.4 is 0 Å². The van der Waals surface area contributed by atoms with Crippen LogP contribution in [0.25, 0.3) is 0 Å². The Morgan fingerprint density at radius 3 is 2.89 bits per heavy atom. The minimum atomic E-state index is -0.576. The van der Waals surface area contributed by atoms with Gasteiger partial charge < -0.3 is 4.74 Å². The zero-order valence-electron chi connectivity index (χ0n) is 10.7. The minimum Gasteiger partial charge on any atom is -0.446 e. The first-order valence-electron chi connectivity index (χ1n) is 6.13. The SMILES string of the molecule is CC=C=CCC(=O)N1C(=O)OC[C@H]1c1ccccc1. The van der Waals surface area contributed by atoms with E-state index in [2.05, 4.69) is 5.73 Å². The molecule has 1 fully saturated rings. The molecule has 98 valence electrons. The van der Waals surface area contributed by atoms with E-state index in [1.807, 2.05) is 37.3 Å². The van der Waals surface area contributed by atoms with Crippen molar-refractivity contribution in [3.63, 3.8) is 0 Å². The largest absolute Gasteiger partial charge is 0.446 e. The molecule has 1 aliphatic heterocycles. The van der Waals surface area contributed by atoms with Crippen LogP contribution in [0.15, 0.2) is 48.2 Å². The molecule has 2 rings (SSSR count). The molecule has 4 nitrogen and oxygen atoms in total. The Kier molecular flexibility index (Phi) is 4.16. The number of imide groups is 1. The van der Waals surface area contributed by atoms with E-state index in [0.717, 1.165) is 5.56 Å². The van der Waals surface area contributed by atoms with Gasteiger partial charge in [0, 0.05) is 0 Å². The summed E-state index contributed by atoms with van der Waals surface area (Å²) in [6.45, 7) is 2.03. The smallest absolute Gasteiger partial charge is 0.417 e. The Hall–Kier alpha value is -2.32. The summed E-state index contributed by atoms with van der Waals surface area (Å²) >= 11 is 0. The Morgan fingerprint density at radius 1 is 1.47 bits per heavy atom. The molecular weight excluding hydrogens is 242 g/mol. The average molecular weight is 257 g/mol. The fraction of sp³-hybridized carbons (Fsp3) is 0.267. The second-order valence-corrected chi connectivity index (χ2v) is 4.13. The lowest BCUT2D eigenvalue weighted by atomic mass is 10.1. The van der Waals surface area contributed by atoms with E-state index in [1.165, 1.54) is 4.90 Å². The zero-order chi connectivity index (χ0) is 13.7. The molecule has 0 radical (unpaired) electrons. The molecule has 1 saturated heterocycles. The summed E-state index contributed by atoms with van der Waals surface area (Å²) in [7, 11) is 0. The molecule has 0 aliphatic carbocycles. The second-order valence-electron chi connectivity index (χ2n) is 4.13. The van der Waals surface area contributed by atoms with Gasteiger partial charge in [-0.05, 0) is 24.6 Å². The number of hydrogen-bond acceptors (Lipinski definition) is 3. The number of benzene rings is 1. The van der Waals surface area contributed by atoms with Crippen molar-refractivity contribution < 1.29 is 14.3 Å². The first-order chi connectivity index (χ1) is 9.24. The van der Waals surface area contributed by atoms with E-state index < -0.39 is 6.09 Å². The van der Waals surface area contributed by atoms with Crippen LogP contribution >= 0.6 is 0 Å². The van der Waals surface area contributed by atoms with E-state index in [-0.39, 0.29) is 25.0 Å². The molecule has 0 saturated carbocycles. The van der Waals surface area contributed by atoms with Crippen molar-refractivity contribution in [2.45, 2.75) is 19.4 Å². The highest BCUT2D eigenvalue weighted by Crippen LogP contribution is 2.28. The number of amides is 2. The van der Waals surface area contributed by atoms with Crippen molar-refractivity contribution in [2.24, 2.45) is 0 Å². The van der Waals surface area contributed by atoms with Crippen molar-refractivity contribution >= 4 is 12.0 Å². The van der Waals surface area contributed by atoms with Gasteiger partial charge in [-0.1, -0.05) is 30.3 Å². The molecule has 1 aromatic carbocycles. The van der Waals surface area contributed by atoms with Gasteiger partial charge in [0.1, 0.15) is 12.6 Å². The van der Waals surface area contributed by atoms with Crippen LogP contribution in [0.4, 0.5) is 4.79 Å². The number of ether oxygens (including phenoxy) is 1. The summed E-state index contributed by atoms with van der Waals surface area (Å²) < 4.78 is 4.98. The maximum atomic E-state index is 12.1. The van der Waals surface area contributed by atoms with Gasteiger partial charge in [0.15, 0.2) is 0 Å². The fourth-order valence-electron chi connectivity index (χ4n) is 1.98. The summed E-state index contributed by atoms with van der Waals surface area (Å²) in [5.41, 5.74) is 3.72. The molecule has 1 aliphatic rings. The monoisotopic (exact) mass is 257 g/mol. The molecule has 4 heteroatoms. The molecular formula is C15H15NO3. The number of cyclic esters (lactones) is 1. The summed E-state index contributed by atoms with van der Waals surface area (Å²) in [4.78, 5) is 24.9. The first kappa shape index (κ1) is 13.1. The molecule has 1 atom stereocenters. The highest BCUT2D eigenvalue weighted by molar-refractivity contribution is 5.94. The maximum Gasteiger partial charge on any atom is 0.417 e. The molecule has 0 spiro atoms. The van der Waals surface area contributed by atoms with Crippen LogP contribution in [-0.2, 0) is 9.53 Å². The number of hydrogen-bond donors (Lipinski definition) is 0. The third-order valence-electron chi connectivity index (χ3n) is 2.89. The zero-order valence-corrected chi connectivity index (χ0v) is 10.7. The lowest BCUT2D eigenvalue weighted by Gasteiger charge is -2.19. The number of rotatable bonds is 3. The van der Waals surface area contributed by atoms with Crippen LogP contribution in [0.2, 0.25) is 0 Å². The van der Waals surface area contributed by atoms with Crippen molar-refractivity contribution in [3.8, 4) is 0 Å². The highest BCUT2D eigenvalue weighted by Gasteiger charge is 2.38. The van der Waals surface area contributed by atoms with Crippen molar-refractivity contribution in [1.29, 1.82) is 0 Å². The van der Waals surface area contributed by atoms with Crippen molar-refractivity contribution in [3.05, 3.63) is 53.8 Å². The Labute approximate surface area is 112 Å². The molecule has 0 aromatic heterocycles. The van der Waals surface area contributed by atoms with E-state index in [0.29, 0.717) is 0 Å². The lowest BCUT2D eigenvalue weighted by molar-refractivity contribution is -0.128. The van der Waals surface area contributed by atoms with Crippen LogP contribution in [-0.4, -0.2) is 23.5 Å². The summed E-state index contributed by atoms with van der Waals surface area (Å²) in [6.07, 6.45) is 2.89. The number of carbonyl (C=O) groups excluding carboxylic acids is 2. The molecule has 2 amide bonds. The predicted octanol–water partition coefficient (Wildman–Crippen LogP) is 2.83. The molecule has 19 heavy (non-hydrogen) atoms. The van der Waals surface area contributed by atoms with Gasteiger partial charge in [0.25, 0.3) is 0 Å². The van der Waals surface area contributed by atoms with E-state index in [9.17, 15) is 9.59 Å². The van der Waals surface area contributed by atoms with Crippen molar-refractivity contribution in [1.82, 2.24) is 4.90 Å². The Morgan fingerprint density at radius 2 is 2.21 bits per heavy atom. The molecule has 1 aromatic rings. The molecule has 0 bridgehead atoms. The molecule has 0 N–H and O–H groups in total. The van der Waals surface area contributed by atoms with Gasteiger partial charge in [0.2, 0.25) is 5.91 Å². The van der Waals surface area contributed by atoms with Crippen LogP contribution in [0, 0.1) is 0 Å². The molecule has 1 heterocycles. The van der Waals surface area contributed by atoms with E-state index >= 15 is 0 Å². The van der Waals surface area contributed by atoms with Gasteiger partial charge in [0.05, 0.1) is 6.42 Å². The van der Waals surface area contributed by atoms with Crippen LogP contribution in [0.1, 0.15) is 24.9 Å². The van der Waals surface area contributed by atoms with Crippen LogP contribution in [0.3, 0.4) is 0 Å². The second kappa shape index (κ2) is 6.03. The third-order valence-corrected chi connectivity index (χ3v) is 2.89. The van der Waals surface area contributed by atoms with Gasteiger partial charge in [-0.25, -0.2) is 9.69 Å². The summed E-state index contributed by atoms with van der Waals surface area (Å²) in [5.74, 6) is -0.272. The number of carbonyl (C=O) groups is 2. The Balaban J connectivity index is 2.18. The third kappa shape index (κ3) is 2.92. The fourth-order valence-corrected chi connectivity index (χ4v) is 1.98. The summed E-state index contributed by atoms with van der Waals surface area (Å²) in [6, 6.07) is 9.08. The molecule has 0 unspecified atom stereocenters. The lowest BCUT2D eigenvalue weighted by Crippen LogP contribution is -2.33. The average Bonchev–Trinajstić information content (AvgIpc) is 2.82. The first-order valence-corrected chi connectivity index (χ1v) is 6.13. The number of nitrogens with zero attached hydrogens (tertiary/aromatic N) is 1. The maximum absolute atomic E-state index is 12.1. The van der Waals surface area contributed by atoms with Gasteiger partial charge in [-0.3, -0.25) is 4.79 Å². The van der Waals surface area contributed by atoms with Crippen molar-refractivity contribution in [2.75, 3.05) is 6.61 Å². The van der Waals surface area contributed by atoms with Gasteiger partial charge in [-0.15, -0.1) is 5.73 Å². The Bertz CT molecular complexity index is 530. The van der Waals surface area contributed by atoms with Gasteiger partial charge in [-0.2, -0.15) is 0 Å². The summed E-state index contributed by atoms with van der Waals surface area (Å²) in [5, 5.41) is 0. The minimum absolute atomic E-state index is 0.142. The van der Waals surface area contributed by atoms with E-state index in [4.69, 9.17) is 4.74 Å².